The summed E-state index contributed by atoms with van der Waals surface area (Å²) in [7, 11) is -2.93. The maximum Gasteiger partial charge on any atom is 0.257 e. The highest BCUT2D eigenvalue weighted by Gasteiger charge is 2.31. The third-order valence-corrected chi connectivity index (χ3v) is 6.54. The maximum atomic E-state index is 12.6. The molecular weight excluding hydrogens is 407 g/mol. The van der Waals surface area contributed by atoms with Gasteiger partial charge in [0.25, 0.3) is 5.91 Å². The number of hydrogen-bond donors (Lipinski definition) is 3. The van der Waals surface area contributed by atoms with Crippen LogP contribution in [0.15, 0.2) is 36.4 Å². The van der Waals surface area contributed by atoms with Crippen molar-refractivity contribution in [3.05, 3.63) is 57.0 Å². The average molecular weight is 422 g/mol. The molecule has 0 aromatic heterocycles. The van der Waals surface area contributed by atoms with Gasteiger partial charge < -0.3 is 5.32 Å². The molecule has 0 saturated carbocycles. The van der Waals surface area contributed by atoms with Crippen molar-refractivity contribution >= 4 is 62.9 Å². The van der Waals surface area contributed by atoms with Crippen LogP contribution in [-0.2, 0) is 0 Å². The highest BCUT2D eigenvalue weighted by Crippen LogP contribution is 2.53. The van der Waals surface area contributed by atoms with Gasteiger partial charge in [-0.3, -0.25) is 18.2 Å². The predicted octanol–water partition coefficient (Wildman–Crippen LogP) is 5.77. The summed E-state index contributed by atoms with van der Waals surface area (Å²) in [5, 5.41) is 3.63. The number of rotatable bonds is 3. The van der Waals surface area contributed by atoms with E-state index in [9.17, 15) is 13.9 Å². The number of hydrogen-bond acceptors (Lipinski definition) is 4. The van der Waals surface area contributed by atoms with E-state index in [1.807, 2.05) is 0 Å². The molecule has 0 unspecified atom stereocenters. The fraction of sp³-hybridized carbons (Fsp3) is 0.188. The van der Waals surface area contributed by atoms with E-state index in [2.05, 4.69) is 5.32 Å². The van der Waals surface area contributed by atoms with Gasteiger partial charge in [-0.2, -0.15) is 0 Å². The zero-order valence-electron chi connectivity index (χ0n) is 12.9. The van der Waals surface area contributed by atoms with E-state index in [1.165, 1.54) is 16.4 Å². The lowest BCUT2D eigenvalue weighted by molar-refractivity contribution is 0.102. The minimum atomic E-state index is -2.93. The van der Waals surface area contributed by atoms with Crippen LogP contribution in [0.4, 0.5) is 11.4 Å². The van der Waals surface area contributed by atoms with Crippen molar-refractivity contribution in [1.82, 2.24) is 0 Å². The van der Waals surface area contributed by atoms with Crippen LogP contribution in [0.1, 0.15) is 16.8 Å². The normalized spacial score (nSPS) is 17.4. The van der Waals surface area contributed by atoms with Crippen LogP contribution < -0.4 is 9.62 Å². The first-order valence-corrected chi connectivity index (χ1v) is 10.2. The summed E-state index contributed by atoms with van der Waals surface area (Å²) in [6, 6.07) is 9.63. The summed E-state index contributed by atoms with van der Waals surface area (Å²) in [5.74, 6) is -0.170. The number of anilines is 2. The smallest absolute Gasteiger partial charge is 0.257 e. The molecule has 0 aliphatic carbocycles. The van der Waals surface area contributed by atoms with Gasteiger partial charge in [0.15, 0.2) is 0 Å². The predicted molar refractivity (Wildman–Crippen MR) is 106 cm³/mol. The second-order valence-corrected chi connectivity index (χ2v) is 8.90. The van der Waals surface area contributed by atoms with Gasteiger partial charge in [-0.1, -0.05) is 40.9 Å². The fourth-order valence-corrected chi connectivity index (χ4v) is 5.04. The quantitative estimate of drug-likeness (QED) is 0.588. The van der Waals surface area contributed by atoms with E-state index in [-0.39, 0.29) is 21.4 Å². The Bertz CT molecular complexity index is 832. The molecule has 2 aromatic rings. The Balaban J connectivity index is 1.93. The molecule has 1 fully saturated rings. The van der Waals surface area contributed by atoms with Crippen molar-refractivity contribution in [1.29, 1.82) is 0 Å². The molecule has 5 nitrogen and oxygen atoms in total. The van der Waals surface area contributed by atoms with E-state index < -0.39 is 16.7 Å². The lowest BCUT2D eigenvalue weighted by Crippen LogP contribution is -2.23. The standard InChI is InChI=1S/C16H15Cl3N2O3S/c17-10-3-1-4-11(7-10)20-16(22)12-8-15(14(19)9-13(12)18)21-5-2-6-25(21,23)24/h1,3-4,7-9,23-24H,2,5-6H2,(H,20,22). The third kappa shape index (κ3) is 4.00. The van der Waals surface area contributed by atoms with Gasteiger partial charge in [-0.15, -0.1) is 10.8 Å². The summed E-state index contributed by atoms with van der Waals surface area (Å²) < 4.78 is 21.7. The molecule has 1 amide bonds. The van der Waals surface area contributed by atoms with E-state index in [4.69, 9.17) is 34.8 Å². The number of halogens is 3. The van der Waals surface area contributed by atoms with E-state index in [0.29, 0.717) is 29.4 Å². The molecule has 1 saturated heterocycles. The highest BCUT2D eigenvalue weighted by molar-refractivity contribution is 8.25. The Labute approximate surface area is 162 Å². The molecule has 25 heavy (non-hydrogen) atoms. The van der Waals surface area contributed by atoms with Crippen molar-refractivity contribution in [3.63, 3.8) is 0 Å². The molecule has 9 heteroatoms. The summed E-state index contributed by atoms with van der Waals surface area (Å²) in [6.45, 7) is 0.443. The first kappa shape index (κ1) is 18.6. The molecule has 0 bridgehead atoms. The van der Waals surface area contributed by atoms with Crippen molar-refractivity contribution in [2.45, 2.75) is 6.42 Å². The van der Waals surface area contributed by atoms with Crippen molar-refractivity contribution < 1.29 is 13.9 Å². The fourth-order valence-electron chi connectivity index (χ4n) is 2.60. The van der Waals surface area contributed by atoms with Crippen molar-refractivity contribution in [3.8, 4) is 0 Å². The van der Waals surface area contributed by atoms with E-state index >= 15 is 0 Å². The van der Waals surface area contributed by atoms with Gasteiger partial charge in [0, 0.05) is 17.3 Å². The minimum absolute atomic E-state index is 0.170. The maximum absolute atomic E-state index is 12.6. The van der Waals surface area contributed by atoms with Crippen molar-refractivity contribution in [2.24, 2.45) is 0 Å². The zero-order chi connectivity index (χ0) is 18.2. The van der Waals surface area contributed by atoms with E-state index in [1.54, 1.807) is 24.3 Å². The largest absolute Gasteiger partial charge is 0.322 e. The van der Waals surface area contributed by atoms with Crippen LogP contribution in [0, 0.1) is 0 Å². The topological polar surface area (TPSA) is 72.8 Å². The van der Waals surface area contributed by atoms with Crippen LogP contribution in [0.25, 0.3) is 0 Å². The molecule has 2 aromatic carbocycles. The number of nitrogens with one attached hydrogen (secondary N) is 1. The molecule has 1 aliphatic heterocycles. The van der Waals surface area contributed by atoms with Gasteiger partial charge in [0.05, 0.1) is 27.0 Å². The van der Waals surface area contributed by atoms with E-state index in [0.717, 1.165) is 0 Å². The molecular formula is C16H15Cl3N2O3S. The Morgan fingerprint density at radius 3 is 2.52 bits per heavy atom. The molecule has 134 valence electrons. The summed E-state index contributed by atoms with van der Waals surface area (Å²) in [4.78, 5) is 12.6. The second-order valence-electron chi connectivity index (χ2n) is 5.54. The van der Waals surface area contributed by atoms with Crippen LogP contribution in [0.3, 0.4) is 0 Å². The number of benzene rings is 2. The van der Waals surface area contributed by atoms with Crippen LogP contribution in [0.2, 0.25) is 15.1 Å². The number of carbonyl (C=O) groups excluding carboxylic acids is 1. The van der Waals surface area contributed by atoms with Crippen LogP contribution in [0.5, 0.6) is 0 Å². The third-order valence-electron chi connectivity index (χ3n) is 3.76. The van der Waals surface area contributed by atoms with Gasteiger partial charge >= 0.3 is 0 Å². The number of nitrogens with zero attached hydrogens (tertiary/aromatic N) is 1. The molecule has 0 radical (unpaired) electrons. The zero-order valence-corrected chi connectivity index (χ0v) is 16.0. The molecule has 3 N–H and O–H groups in total. The first-order valence-electron chi connectivity index (χ1n) is 7.37. The lowest BCUT2D eigenvalue weighted by atomic mass is 10.1. The number of amides is 1. The number of carbonyl (C=O) groups is 1. The lowest BCUT2D eigenvalue weighted by Gasteiger charge is -2.38. The molecule has 1 heterocycles. The van der Waals surface area contributed by atoms with Gasteiger partial charge in [0.2, 0.25) is 0 Å². The molecule has 0 spiro atoms. The SMILES string of the molecule is O=C(Nc1cccc(Cl)c1)c1cc(N2CCCS2(O)O)c(Cl)cc1Cl. The van der Waals surface area contributed by atoms with Gasteiger partial charge in [-0.25, -0.2) is 0 Å². The monoisotopic (exact) mass is 420 g/mol. The Hall–Kier alpha value is -1.15. The molecule has 1 aliphatic rings. The summed E-state index contributed by atoms with van der Waals surface area (Å²) in [6.07, 6.45) is 0.630. The molecule has 0 atom stereocenters. The second kappa shape index (κ2) is 7.23. The highest BCUT2D eigenvalue weighted by atomic mass is 35.5. The average Bonchev–Trinajstić information content (AvgIpc) is 2.86. The van der Waals surface area contributed by atoms with Crippen molar-refractivity contribution in [2.75, 3.05) is 21.9 Å². The molecule has 3 rings (SSSR count). The van der Waals surface area contributed by atoms with Gasteiger partial charge in [-0.05, 0) is 36.8 Å². The Morgan fingerprint density at radius 1 is 1.12 bits per heavy atom. The minimum Gasteiger partial charge on any atom is -0.322 e. The summed E-state index contributed by atoms with van der Waals surface area (Å²) in [5.41, 5.74) is 1.08. The summed E-state index contributed by atoms with van der Waals surface area (Å²) >= 11 is 18.3. The first-order chi connectivity index (χ1) is 11.8. The Kier molecular flexibility index (Phi) is 5.39. The Morgan fingerprint density at radius 2 is 1.88 bits per heavy atom. The van der Waals surface area contributed by atoms with Gasteiger partial charge in [0.1, 0.15) is 0 Å². The van der Waals surface area contributed by atoms with Crippen LogP contribution in [-0.4, -0.2) is 27.3 Å². The van der Waals surface area contributed by atoms with Crippen LogP contribution >= 0.6 is 45.6 Å².